The molecule has 0 saturated carbocycles. The Morgan fingerprint density at radius 3 is 2.73 bits per heavy atom. The minimum atomic E-state index is -0.492. The predicted molar refractivity (Wildman–Crippen MR) is 114 cm³/mol. The van der Waals surface area contributed by atoms with Gasteiger partial charge in [0.1, 0.15) is 11.6 Å². The first kappa shape index (κ1) is 21.8. The van der Waals surface area contributed by atoms with E-state index in [0.29, 0.717) is 26.2 Å². The molecule has 30 heavy (non-hydrogen) atoms. The lowest BCUT2D eigenvalue weighted by molar-refractivity contribution is -0.138. The van der Waals surface area contributed by atoms with Gasteiger partial charge in [0.25, 0.3) is 0 Å². The van der Waals surface area contributed by atoms with Gasteiger partial charge in [0.05, 0.1) is 26.1 Å². The van der Waals surface area contributed by atoms with Crippen molar-refractivity contribution >= 4 is 11.8 Å². The van der Waals surface area contributed by atoms with Gasteiger partial charge in [0.2, 0.25) is 11.8 Å². The molecule has 2 heterocycles. The monoisotopic (exact) mass is 413 g/mol. The van der Waals surface area contributed by atoms with Crippen LogP contribution >= 0.6 is 0 Å². The number of nitrogens with one attached hydrogen (secondary N) is 2. The Hall–Kier alpha value is -2.87. The highest BCUT2D eigenvalue weighted by Crippen LogP contribution is 2.26. The molecule has 2 amide bonds. The summed E-state index contributed by atoms with van der Waals surface area (Å²) in [4.78, 5) is 36.5. The lowest BCUT2D eigenvalue weighted by Crippen LogP contribution is -2.56. The number of piperazine rings is 1. The molecule has 1 unspecified atom stereocenters. The largest absolute Gasteiger partial charge is 0.496 e. The van der Waals surface area contributed by atoms with Crippen LogP contribution in [0.2, 0.25) is 0 Å². The number of hydrogen-bond donors (Lipinski definition) is 2. The normalized spacial score (nSPS) is 17.0. The Labute approximate surface area is 177 Å². The fraction of sp³-hybridized carbons (Fsp3) is 0.500. The second-order valence-electron chi connectivity index (χ2n) is 7.92. The van der Waals surface area contributed by atoms with Crippen LogP contribution in [0.4, 0.5) is 0 Å². The van der Waals surface area contributed by atoms with Crippen LogP contribution in [-0.4, -0.2) is 64.9 Å². The van der Waals surface area contributed by atoms with Crippen LogP contribution < -0.4 is 10.1 Å². The Morgan fingerprint density at radius 1 is 1.30 bits per heavy atom. The van der Waals surface area contributed by atoms with Crippen molar-refractivity contribution in [3.05, 3.63) is 46.5 Å². The Kier molecular flexibility index (Phi) is 6.77. The van der Waals surface area contributed by atoms with E-state index in [9.17, 15) is 9.59 Å². The van der Waals surface area contributed by atoms with Crippen molar-refractivity contribution in [1.82, 2.24) is 25.1 Å². The maximum absolute atomic E-state index is 12.8. The fourth-order valence-corrected chi connectivity index (χ4v) is 3.82. The molecule has 0 bridgehead atoms. The number of imidazole rings is 1. The third kappa shape index (κ3) is 4.81. The van der Waals surface area contributed by atoms with Gasteiger partial charge in [-0.2, -0.15) is 0 Å². The molecule has 0 radical (unpaired) electrons. The fourth-order valence-electron chi connectivity index (χ4n) is 3.82. The van der Waals surface area contributed by atoms with Crippen molar-refractivity contribution < 1.29 is 14.3 Å². The summed E-state index contributed by atoms with van der Waals surface area (Å²) in [5.74, 6) is 1.41. The van der Waals surface area contributed by atoms with Crippen LogP contribution in [0.3, 0.4) is 0 Å². The number of benzene rings is 1. The second-order valence-corrected chi connectivity index (χ2v) is 7.92. The smallest absolute Gasteiger partial charge is 0.237 e. The minimum Gasteiger partial charge on any atom is -0.496 e. The van der Waals surface area contributed by atoms with Gasteiger partial charge in [0, 0.05) is 38.6 Å². The summed E-state index contributed by atoms with van der Waals surface area (Å²) in [5.41, 5.74) is 4.34. The quantitative estimate of drug-likeness (QED) is 0.721. The first-order chi connectivity index (χ1) is 14.3. The number of carbonyl (C=O) groups excluding carboxylic acids is 2. The van der Waals surface area contributed by atoms with Gasteiger partial charge in [-0.1, -0.05) is 6.07 Å². The lowest BCUT2D eigenvalue weighted by atomic mass is 10.00. The standard InChI is InChI=1S/C22H31N5O3/c1-14-11-24-20(25-14)13-26(4)21(28)10-18-22(29)23-8-9-27(18)12-17-6-7-19(30-5)16(3)15(17)2/h6-7,11,18H,8-10,12-13H2,1-5H3,(H,23,29)(H,24,25). The molecule has 1 atom stereocenters. The molecule has 8 heteroatoms. The molecule has 1 saturated heterocycles. The van der Waals surface area contributed by atoms with Crippen LogP contribution in [0, 0.1) is 20.8 Å². The van der Waals surface area contributed by atoms with Gasteiger partial charge >= 0.3 is 0 Å². The van der Waals surface area contributed by atoms with E-state index in [-0.39, 0.29) is 18.2 Å². The molecule has 1 aromatic carbocycles. The average Bonchev–Trinajstić information content (AvgIpc) is 3.12. The molecule has 1 aliphatic rings. The summed E-state index contributed by atoms with van der Waals surface area (Å²) in [7, 11) is 3.40. The second kappa shape index (κ2) is 9.30. The summed E-state index contributed by atoms with van der Waals surface area (Å²) in [5, 5.41) is 2.90. The van der Waals surface area contributed by atoms with Crippen molar-refractivity contribution in [2.24, 2.45) is 0 Å². The lowest BCUT2D eigenvalue weighted by Gasteiger charge is -2.35. The zero-order valence-corrected chi connectivity index (χ0v) is 18.4. The van der Waals surface area contributed by atoms with Gasteiger partial charge < -0.3 is 19.9 Å². The molecule has 1 aromatic heterocycles. The molecule has 1 aliphatic heterocycles. The summed E-state index contributed by atoms with van der Waals surface area (Å²) in [6, 6.07) is 3.51. The number of aryl methyl sites for hydroxylation is 1. The topological polar surface area (TPSA) is 90.6 Å². The van der Waals surface area contributed by atoms with Gasteiger partial charge in [-0.05, 0) is 43.5 Å². The van der Waals surface area contributed by atoms with Gasteiger partial charge in [0.15, 0.2) is 0 Å². The van der Waals surface area contributed by atoms with Crippen molar-refractivity contribution in [2.45, 2.75) is 46.3 Å². The number of H-pyrrole nitrogens is 1. The number of amides is 2. The molecular formula is C22H31N5O3. The van der Waals surface area contributed by atoms with E-state index >= 15 is 0 Å². The highest BCUT2D eigenvalue weighted by atomic mass is 16.5. The van der Waals surface area contributed by atoms with Crippen molar-refractivity contribution in [2.75, 3.05) is 27.2 Å². The highest BCUT2D eigenvalue weighted by molar-refractivity contribution is 5.88. The van der Waals surface area contributed by atoms with E-state index in [2.05, 4.69) is 27.1 Å². The van der Waals surface area contributed by atoms with Crippen molar-refractivity contribution in [1.29, 1.82) is 0 Å². The first-order valence-electron chi connectivity index (χ1n) is 10.2. The predicted octanol–water partition coefficient (Wildman–Crippen LogP) is 1.69. The van der Waals surface area contributed by atoms with E-state index in [1.165, 1.54) is 0 Å². The SMILES string of the molecule is COc1ccc(CN2CCNC(=O)C2CC(=O)N(C)Cc2ncc(C)[nH]2)c(C)c1C. The average molecular weight is 414 g/mol. The zero-order chi connectivity index (χ0) is 21.8. The number of ether oxygens (including phenoxy) is 1. The van der Waals surface area contributed by atoms with E-state index in [1.54, 1.807) is 25.3 Å². The highest BCUT2D eigenvalue weighted by Gasteiger charge is 2.33. The molecule has 2 N–H and O–H groups in total. The number of rotatable bonds is 7. The van der Waals surface area contributed by atoms with E-state index in [1.807, 2.05) is 26.0 Å². The number of nitrogens with zero attached hydrogens (tertiary/aromatic N) is 3. The van der Waals surface area contributed by atoms with Crippen LogP contribution in [0.25, 0.3) is 0 Å². The molecule has 1 fully saturated rings. The van der Waals surface area contributed by atoms with Crippen LogP contribution in [0.5, 0.6) is 5.75 Å². The molecule has 0 aliphatic carbocycles. The van der Waals surface area contributed by atoms with E-state index in [0.717, 1.165) is 34.0 Å². The minimum absolute atomic E-state index is 0.0845. The van der Waals surface area contributed by atoms with Crippen molar-refractivity contribution in [3.63, 3.8) is 0 Å². The maximum Gasteiger partial charge on any atom is 0.237 e. The number of aromatic nitrogens is 2. The number of carbonyl (C=O) groups is 2. The maximum atomic E-state index is 12.8. The van der Waals surface area contributed by atoms with Crippen LogP contribution in [-0.2, 0) is 22.7 Å². The molecular weight excluding hydrogens is 382 g/mol. The van der Waals surface area contributed by atoms with E-state index < -0.39 is 6.04 Å². The Bertz CT molecular complexity index is 923. The number of aromatic amines is 1. The molecule has 8 nitrogen and oxygen atoms in total. The van der Waals surface area contributed by atoms with E-state index in [4.69, 9.17) is 4.74 Å². The molecule has 2 aromatic rings. The summed E-state index contributed by atoms with van der Waals surface area (Å²) in [6.45, 7) is 8.31. The van der Waals surface area contributed by atoms with Crippen LogP contribution in [0.1, 0.15) is 34.6 Å². The third-order valence-electron chi connectivity index (χ3n) is 5.82. The first-order valence-corrected chi connectivity index (χ1v) is 10.2. The summed E-state index contributed by atoms with van der Waals surface area (Å²) < 4.78 is 5.40. The van der Waals surface area contributed by atoms with Crippen LogP contribution in [0.15, 0.2) is 18.3 Å². The van der Waals surface area contributed by atoms with Gasteiger partial charge in [-0.3, -0.25) is 14.5 Å². The molecule has 3 rings (SSSR count). The molecule has 0 spiro atoms. The number of hydrogen-bond acceptors (Lipinski definition) is 5. The summed E-state index contributed by atoms with van der Waals surface area (Å²) in [6.07, 6.45) is 1.87. The van der Waals surface area contributed by atoms with Gasteiger partial charge in [-0.25, -0.2) is 4.98 Å². The Balaban J connectivity index is 1.71. The third-order valence-corrected chi connectivity index (χ3v) is 5.82. The summed E-state index contributed by atoms with van der Waals surface area (Å²) >= 11 is 0. The van der Waals surface area contributed by atoms with Gasteiger partial charge in [-0.15, -0.1) is 0 Å². The van der Waals surface area contributed by atoms with Crippen molar-refractivity contribution in [3.8, 4) is 5.75 Å². The Morgan fingerprint density at radius 2 is 2.07 bits per heavy atom. The molecule has 162 valence electrons. The zero-order valence-electron chi connectivity index (χ0n) is 18.4. The number of methoxy groups -OCH3 is 1.